The van der Waals surface area contributed by atoms with Gasteiger partial charge in [0.2, 0.25) is 0 Å². The standard InChI is InChI=1S/C12H15BrN2O4S/c13-8-3-10(20-7-8)5-14-12(18)15-1-2-19-6-9(15)4-11(16)17/h3,7,9H,1-2,4-6H2,(H,14,18)(H,16,17). The maximum atomic E-state index is 12.1. The van der Waals surface area contributed by atoms with Crippen LogP contribution in [0.4, 0.5) is 4.79 Å². The predicted molar refractivity (Wildman–Crippen MR) is 77.8 cm³/mol. The highest BCUT2D eigenvalue weighted by atomic mass is 79.9. The Labute approximate surface area is 128 Å². The van der Waals surface area contributed by atoms with Gasteiger partial charge in [-0.05, 0) is 22.0 Å². The number of hydrogen-bond donors (Lipinski definition) is 2. The van der Waals surface area contributed by atoms with Crippen molar-refractivity contribution in [3.8, 4) is 0 Å². The molecule has 1 aliphatic rings. The van der Waals surface area contributed by atoms with Crippen LogP contribution in [-0.4, -0.2) is 47.8 Å². The van der Waals surface area contributed by atoms with E-state index in [2.05, 4.69) is 21.2 Å². The number of ether oxygens (including phenoxy) is 1. The molecule has 20 heavy (non-hydrogen) atoms. The summed E-state index contributed by atoms with van der Waals surface area (Å²) in [5, 5.41) is 13.6. The lowest BCUT2D eigenvalue weighted by atomic mass is 10.1. The summed E-state index contributed by atoms with van der Waals surface area (Å²) in [5.41, 5.74) is 0. The second kappa shape index (κ2) is 7.05. The van der Waals surface area contributed by atoms with Crippen molar-refractivity contribution in [2.24, 2.45) is 0 Å². The van der Waals surface area contributed by atoms with E-state index in [-0.39, 0.29) is 19.1 Å². The second-order valence-corrected chi connectivity index (χ2v) is 6.32. The van der Waals surface area contributed by atoms with Crippen LogP contribution in [0, 0.1) is 0 Å². The zero-order valence-electron chi connectivity index (χ0n) is 10.7. The molecule has 1 saturated heterocycles. The van der Waals surface area contributed by atoms with E-state index in [4.69, 9.17) is 9.84 Å². The molecule has 1 atom stereocenters. The van der Waals surface area contributed by atoms with Crippen molar-refractivity contribution in [2.45, 2.75) is 19.0 Å². The van der Waals surface area contributed by atoms with Gasteiger partial charge in [0.1, 0.15) is 0 Å². The van der Waals surface area contributed by atoms with Gasteiger partial charge in [0, 0.05) is 21.3 Å². The Morgan fingerprint density at radius 2 is 2.40 bits per heavy atom. The van der Waals surface area contributed by atoms with Crippen LogP contribution in [0.25, 0.3) is 0 Å². The van der Waals surface area contributed by atoms with Crippen LogP contribution in [0.1, 0.15) is 11.3 Å². The Morgan fingerprint density at radius 3 is 3.05 bits per heavy atom. The first-order chi connectivity index (χ1) is 9.56. The summed E-state index contributed by atoms with van der Waals surface area (Å²) >= 11 is 4.91. The molecule has 1 fully saturated rings. The van der Waals surface area contributed by atoms with E-state index in [1.54, 1.807) is 16.2 Å². The quantitative estimate of drug-likeness (QED) is 0.857. The van der Waals surface area contributed by atoms with Gasteiger partial charge < -0.3 is 20.1 Å². The molecule has 0 aromatic carbocycles. The third-order valence-electron chi connectivity index (χ3n) is 2.93. The summed E-state index contributed by atoms with van der Waals surface area (Å²) in [4.78, 5) is 25.5. The Kier molecular flexibility index (Phi) is 5.38. The number of morpholine rings is 1. The van der Waals surface area contributed by atoms with Crippen LogP contribution in [0.3, 0.4) is 0 Å². The number of urea groups is 1. The number of carboxylic acid groups (broad SMARTS) is 1. The van der Waals surface area contributed by atoms with Gasteiger partial charge in [0.05, 0.1) is 32.2 Å². The first kappa shape index (κ1) is 15.3. The molecule has 0 bridgehead atoms. The number of carbonyl (C=O) groups is 2. The SMILES string of the molecule is O=C(O)CC1COCCN1C(=O)NCc1cc(Br)cs1. The molecule has 2 heterocycles. The summed E-state index contributed by atoms with van der Waals surface area (Å²) in [7, 11) is 0. The molecule has 2 rings (SSSR count). The van der Waals surface area contributed by atoms with E-state index in [1.165, 1.54) is 0 Å². The minimum atomic E-state index is -0.930. The molecular weight excluding hydrogens is 348 g/mol. The van der Waals surface area contributed by atoms with Crippen molar-refractivity contribution in [3.05, 3.63) is 20.8 Å². The molecule has 8 heteroatoms. The fourth-order valence-electron chi connectivity index (χ4n) is 2.00. The number of carboxylic acids is 1. The smallest absolute Gasteiger partial charge is 0.318 e. The Bertz CT molecular complexity index is 494. The molecule has 0 aliphatic carbocycles. The molecule has 1 aliphatic heterocycles. The molecule has 2 N–H and O–H groups in total. The van der Waals surface area contributed by atoms with Gasteiger partial charge in [-0.15, -0.1) is 11.3 Å². The summed E-state index contributed by atoms with van der Waals surface area (Å²) in [6, 6.07) is 1.29. The maximum Gasteiger partial charge on any atom is 0.318 e. The third-order valence-corrected chi connectivity index (χ3v) is 4.63. The number of nitrogens with zero attached hydrogens (tertiary/aromatic N) is 1. The molecule has 1 aromatic rings. The van der Waals surface area contributed by atoms with Crippen molar-refractivity contribution < 1.29 is 19.4 Å². The van der Waals surface area contributed by atoms with Crippen LogP contribution in [0.15, 0.2) is 15.9 Å². The second-order valence-electron chi connectivity index (χ2n) is 4.41. The highest BCUT2D eigenvalue weighted by molar-refractivity contribution is 9.10. The van der Waals surface area contributed by atoms with Gasteiger partial charge in [0.15, 0.2) is 0 Å². The average Bonchev–Trinajstić information content (AvgIpc) is 2.82. The van der Waals surface area contributed by atoms with E-state index < -0.39 is 12.0 Å². The lowest BCUT2D eigenvalue weighted by molar-refractivity contribution is -0.139. The number of hydrogen-bond acceptors (Lipinski definition) is 4. The number of rotatable bonds is 4. The topological polar surface area (TPSA) is 78.9 Å². The number of nitrogens with one attached hydrogen (secondary N) is 1. The van der Waals surface area contributed by atoms with E-state index >= 15 is 0 Å². The van der Waals surface area contributed by atoms with Gasteiger partial charge in [0.25, 0.3) is 0 Å². The predicted octanol–water partition coefficient (Wildman–Crippen LogP) is 1.90. The number of thiophene rings is 1. The zero-order valence-corrected chi connectivity index (χ0v) is 13.1. The average molecular weight is 363 g/mol. The largest absolute Gasteiger partial charge is 0.481 e. The number of amides is 2. The van der Waals surface area contributed by atoms with Crippen LogP contribution in [-0.2, 0) is 16.1 Å². The van der Waals surface area contributed by atoms with E-state index in [0.29, 0.717) is 19.7 Å². The fraction of sp³-hybridized carbons (Fsp3) is 0.500. The first-order valence-electron chi connectivity index (χ1n) is 6.13. The van der Waals surface area contributed by atoms with Crippen molar-refractivity contribution in [1.29, 1.82) is 0 Å². The molecule has 0 radical (unpaired) electrons. The minimum absolute atomic E-state index is 0.0992. The maximum absolute atomic E-state index is 12.1. The van der Waals surface area contributed by atoms with Gasteiger partial charge in [-0.25, -0.2) is 4.79 Å². The van der Waals surface area contributed by atoms with E-state index in [0.717, 1.165) is 9.35 Å². The Balaban J connectivity index is 1.90. The van der Waals surface area contributed by atoms with E-state index in [1.807, 2.05) is 11.4 Å². The molecule has 2 amide bonds. The van der Waals surface area contributed by atoms with Crippen molar-refractivity contribution in [3.63, 3.8) is 0 Å². The minimum Gasteiger partial charge on any atom is -0.481 e. The molecular formula is C12H15BrN2O4S. The molecule has 110 valence electrons. The molecule has 1 unspecified atom stereocenters. The number of aliphatic carboxylic acids is 1. The Hall–Kier alpha value is -1.12. The molecule has 1 aromatic heterocycles. The number of halogens is 1. The number of carbonyl (C=O) groups excluding carboxylic acids is 1. The van der Waals surface area contributed by atoms with Crippen LogP contribution in [0.2, 0.25) is 0 Å². The first-order valence-corrected chi connectivity index (χ1v) is 7.80. The lowest BCUT2D eigenvalue weighted by Gasteiger charge is -2.34. The van der Waals surface area contributed by atoms with Crippen molar-refractivity contribution in [1.82, 2.24) is 10.2 Å². The van der Waals surface area contributed by atoms with Crippen LogP contribution >= 0.6 is 27.3 Å². The fourth-order valence-corrected chi connectivity index (χ4v) is 3.39. The third kappa shape index (κ3) is 4.19. The summed E-state index contributed by atoms with van der Waals surface area (Å²) in [6.45, 7) is 1.56. The van der Waals surface area contributed by atoms with Gasteiger partial charge >= 0.3 is 12.0 Å². The monoisotopic (exact) mass is 362 g/mol. The van der Waals surface area contributed by atoms with Gasteiger partial charge in [-0.1, -0.05) is 0 Å². The van der Waals surface area contributed by atoms with Gasteiger partial charge in [-0.2, -0.15) is 0 Å². The van der Waals surface area contributed by atoms with Gasteiger partial charge in [-0.3, -0.25) is 4.79 Å². The van der Waals surface area contributed by atoms with Crippen molar-refractivity contribution in [2.75, 3.05) is 19.8 Å². The summed E-state index contributed by atoms with van der Waals surface area (Å²) in [6.07, 6.45) is -0.0992. The zero-order chi connectivity index (χ0) is 14.5. The molecule has 0 saturated carbocycles. The molecule has 0 spiro atoms. The van der Waals surface area contributed by atoms with Crippen molar-refractivity contribution >= 4 is 39.3 Å². The summed E-state index contributed by atoms with van der Waals surface area (Å²) < 4.78 is 6.23. The highest BCUT2D eigenvalue weighted by Gasteiger charge is 2.28. The van der Waals surface area contributed by atoms with Crippen LogP contribution < -0.4 is 5.32 Å². The molecule has 6 nitrogen and oxygen atoms in total. The lowest BCUT2D eigenvalue weighted by Crippen LogP contribution is -2.52. The summed E-state index contributed by atoms with van der Waals surface area (Å²) in [5.74, 6) is -0.930. The highest BCUT2D eigenvalue weighted by Crippen LogP contribution is 2.19. The van der Waals surface area contributed by atoms with Crippen LogP contribution in [0.5, 0.6) is 0 Å². The van der Waals surface area contributed by atoms with E-state index in [9.17, 15) is 9.59 Å². The normalized spacial score (nSPS) is 18.9. The Morgan fingerprint density at radius 1 is 1.60 bits per heavy atom.